The van der Waals surface area contributed by atoms with E-state index in [4.69, 9.17) is 9.47 Å². The molecule has 5 rings (SSSR count). The third kappa shape index (κ3) is 3.43. The number of hydrogen-bond acceptors (Lipinski definition) is 6. The molecule has 1 aliphatic rings. The van der Waals surface area contributed by atoms with Gasteiger partial charge in [-0.05, 0) is 23.8 Å². The summed E-state index contributed by atoms with van der Waals surface area (Å²) in [5.41, 5.74) is 2.27. The second kappa shape index (κ2) is 7.67. The molecular formula is C22H18FN5O3. The minimum Gasteiger partial charge on any atom is -0.493 e. The van der Waals surface area contributed by atoms with Crippen LogP contribution in [-0.4, -0.2) is 39.1 Å². The Morgan fingerprint density at radius 3 is 2.90 bits per heavy atom. The van der Waals surface area contributed by atoms with E-state index in [9.17, 15) is 9.18 Å². The van der Waals surface area contributed by atoms with Gasteiger partial charge in [0.25, 0.3) is 0 Å². The second-order valence-corrected chi connectivity index (χ2v) is 7.08. The van der Waals surface area contributed by atoms with Crippen molar-refractivity contribution in [2.75, 3.05) is 19.0 Å². The van der Waals surface area contributed by atoms with Crippen LogP contribution in [0.1, 0.15) is 17.2 Å². The van der Waals surface area contributed by atoms with Crippen LogP contribution in [0.2, 0.25) is 0 Å². The Morgan fingerprint density at radius 2 is 2.10 bits per heavy atom. The number of aromatic nitrogens is 4. The lowest BCUT2D eigenvalue weighted by molar-refractivity contribution is -0.116. The Balaban J connectivity index is 1.52. The molecule has 1 unspecified atom stereocenters. The Bertz CT molecular complexity index is 1280. The van der Waals surface area contributed by atoms with Gasteiger partial charge in [-0.15, -0.1) is 0 Å². The smallest absolute Gasteiger partial charge is 0.238 e. The Kier molecular flexibility index (Phi) is 4.70. The summed E-state index contributed by atoms with van der Waals surface area (Å²) in [5.74, 6) is -0.296. The van der Waals surface area contributed by atoms with E-state index in [0.29, 0.717) is 52.5 Å². The van der Waals surface area contributed by atoms with Crippen LogP contribution in [0.5, 0.6) is 11.5 Å². The van der Waals surface area contributed by atoms with Gasteiger partial charge < -0.3 is 19.4 Å². The first kappa shape index (κ1) is 19.0. The molecule has 1 atom stereocenters. The number of benzene rings is 2. The maximum Gasteiger partial charge on any atom is 0.238 e. The maximum absolute atomic E-state index is 13.6. The lowest BCUT2D eigenvalue weighted by Gasteiger charge is -2.15. The fraction of sp³-hybridized carbons (Fsp3) is 0.182. The molecule has 156 valence electrons. The first-order valence-corrected chi connectivity index (χ1v) is 9.65. The van der Waals surface area contributed by atoms with E-state index in [0.717, 1.165) is 0 Å². The number of nitrogens with one attached hydrogen (secondary N) is 1. The number of imidazole rings is 1. The van der Waals surface area contributed by atoms with Crippen molar-refractivity contribution in [3.8, 4) is 11.5 Å². The minimum atomic E-state index is -0.668. The van der Waals surface area contributed by atoms with Crippen molar-refractivity contribution in [1.82, 2.24) is 19.5 Å². The molecule has 0 aliphatic carbocycles. The molecule has 9 heteroatoms. The highest BCUT2D eigenvalue weighted by Crippen LogP contribution is 2.41. The van der Waals surface area contributed by atoms with E-state index >= 15 is 0 Å². The number of fused-ring (bicyclic) bond motifs is 2. The SMILES string of the molecule is COc1cc2c(C3C(=O)Nc4cc(F)ccc43)ncnc2cc1OCCn1ccnc1. The third-order valence-corrected chi connectivity index (χ3v) is 5.24. The average molecular weight is 419 g/mol. The lowest BCUT2D eigenvalue weighted by Crippen LogP contribution is -2.15. The van der Waals surface area contributed by atoms with Gasteiger partial charge >= 0.3 is 0 Å². The number of amides is 1. The molecule has 0 saturated carbocycles. The normalized spacial score (nSPS) is 15.0. The highest BCUT2D eigenvalue weighted by atomic mass is 19.1. The predicted octanol–water partition coefficient (Wildman–Crippen LogP) is 3.14. The summed E-state index contributed by atoms with van der Waals surface area (Å²) in [6, 6.07) is 7.79. The molecule has 8 nitrogen and oxygen atoms in total. The van der Waals surface area contributed by atoms with Crippen molar-refractivity contribution >= 4 is 22.5 Å². The molecule has 0 saturated heterocycles. The molecule has 3 heterocycles. The van der Waals surface area contributed by atoms with Gasteiger partial charge in [0.15, 0.2) is 11.5 Å². The van der Waals surface area contributed by atoms with Crippen molar-refractivity contribution in [2.45, 2.75) is 12.5 Å². The fourth-order valence-corrected chi connectivity index (χ4v) is 3.77. The molecule has 1 aliphatic heterocycles. The van der Waals surface area contributed by atoms with Crippen LogP contribution in [0.4, 0.5) is 10.1 Å². The number of hydrogen-bond donors (Lipinski definition) is 1. The second-order valence-electron chi connectivity index (χ2n) is 7.08. The van der Waals surface area contributed by atoms with Gasteiger partial charge in [0, 0.05) is 29.5 Å². The standard InChI is InChI=1S/C22H18FN5O3/c1-30-18-9-15-16(10-19(18)31-7-6-28-5-4-24-12-28)25-11-26-21(15)20-14-3-2-13(23)8-17(14)27-22(20)29/h2-5,8-12,20H,6-7H2,1H3,(H,27,29). The van der Waals surface area contributed by atoms with E-state index in [1.807, 2.05) is 10.8 Å². The van der Waals surface area contributed by atoms with Crippen molar-refractivity contribution in [1.29, 1.82) is 0 Å². The quantitative estimate of drug-likeness (QED) is 0.516. The molecule has 2 aromatic heterocycles. The number of rotatable bonds is 6. The summed E-state index contributed by atoms with van der Waals surface area (Å²) >= 11 is 0. The van der Waals surface area contributed by atoms with E-state index in [-0.39, 0.29) is 5.91 Å². The van der Waals surface area contributed by atoms with Crippen molar-refractivity contribution < 1.29 is 18.7 Å². The topological polar surface area (TPSA) is 91.2 Å². The molecule has 0 spiro atoms. The Hall–Kier alpha value is -4.01. The first-order chi connectivity index (χ1) is 15.1. The molecule has 0 fully saturated rings. The van der Waals surface area contributed by atoms with Gasteiger partial charge in [-0.1, -0.05) is 6.07 Å². The number of anilines is 1. The highest BCUT2D eigenvalue weighted by molar-refractivity contribution is 6.06. The van der Waals surface area contributed by atoms with Gasteiger partial charge in [-0.2, -0.15) is 0 Å². The van der Waals surface area contributed by atoms with Crippen LogP contribution in [-0.2, 0) is 11.3 Å². The van der Waals surface area contributed by atoms with Crippen LogP contribution >= 0.6 is 0 Å². The zero-order valence-electron chi connectivity index (χ0n) is 16.6. The molecule has 1 N–H and O–H groups in total. The molecule has 4 aromatic rings. The fourth-order valence-electron chi connectivity index (χ4n) is 3.77. The average Bonchev–Trinajstić information content (AvgIpc) is 3.39. The van der Waals surface area contributed by atoms with E-state index in [1.54, 1.807) is 37.8 Å². The number of nitrogens with zero attached hydrogens (tertiary/aromatic N) is 4. The third-order valence-electron chi connectivity index (χ3n) is 5.24. The van der Waals surface area contributed by atoms with E-state index in [2.05, 4.69) is 20.3 Å². The van der Waals surface area contributed by atoms with Gasteiger partial charge in [0.1, 0.15) is 24.7 Å². The minimum absolute atomic E-state index is 0.264. The van der Waals surface area contributed by atoms with Crippen molar-refractivity contribution in [3.63, 3.8) is 0 Å². The van der Waals surface area contributed by atoms with Crippen LogP contribution < -0.4 is 14.8 Å². The van der Waals surface area contributed by atoms with Gasteiger partial charge in [-0.25, -0.2) is 19.3 Å². The molecule has 1 amide bonds. The van der Waals surface area contributed by atoms with Crippen molar-refractivity contribution in [3.05, 3.63) is 72.5 Å². The summed E-state index contributed by atoms with van der Waals surface area (Å²) in [5, 5.41) is 3.40. The molecule has 0 radical (unpaired) electrons. The lowest BCUT2D eigenvalue weighted by atomic mass is 9.94. The summed E-state index contributed by atoms with van der Waals surface area (Å²) < 4.78 is 26.9. The monoisotopic (exact) mass is 419 g/mol. The summed E-state index contributed by atoms with van der Waals surface area (Å²) in [7, 11) is 1.55. The number of ether oxygens (including phenoxy) is 2. The summed E-state index contributed by atoms with van der Waals surface area (Å²) in [6.07, 6.45) is 6.70. The zero-order chi connectivity index (χ0) is 21.4. The predicted molar refractivity (Wildman–Crippen MR) is 111 cm³/mol. The molecule has 0 bridgehead atoms. The summed E-state index contributed by atoms with van der Waals surface area (Å²) in [6.45, 7) is 1.05. The number of carbonyl (C=O) groups excluding carboxylic acids is 1. The molecular weight excluding hydrogens is 401 g/mol. The first-order valence-electron chi connectivity index (χ1n) is 9.65. The number of methoxy groups -OCH3 is 1. The number of halogens is 1. The Labute approximate surface area is 176 Å². The summed E-state index contributed by atoms with van der Waals surface area (Å²) in [4.78, 5) is 25.5. The van der Waals surface area contributed by atoms with E-state index < -0.39 is 11.7 Å². The van der Waals surface area contributed by atoms with E-state index in [1.165, 1.54) is 18.5 Å². The Morgan fingerprint density at radius 1 is 1.19 bits per heavy atom. The number of carbonyl (C=O) groups is 1. The maximum atomic E-state index is 13.6. The van der Waals surface area contributed by atoms with Crippen LogP contribution in [0.15, 0.2) is 55.4 Å². The van der Waals surface area contributed by atoms with Crippen LogP contribution in [0.25, 0.3) is 10.9 Å². The zero-order valence-corrected chi connectivity index (χ0v) is 16.6. The molecule has 31 heavy (non-hydrogen) atoms. The largest absolute Gasteiger partial charge is 0.493 e. The van der Waals surface area contributed by atoms with Gasteiger partial charge in [0.05, 0.1) is 31.2 Å². The molecule has 2 aromatic carbocycles. The van der Waals surface area contributed by atoms with Gasteiger partial charge in [-0.3, -0.25) is 4.79 Å². The van der Waals surface area contributed by atoms with Crippen molar-refractivity contribution in [2.24, 2.45) is 0 Å². The van der Waals surface area contributed by atoms with Crippen LogP contribution in [0.3, 0.4) is 0 Å². The van der Waals surface area contributed by atoms with Crippen LogP contribution in [0, 0.1) is 5.82 Å². The van der Waals surface area contributed by atoms with Gasteiger partial charge in [0.2, 0.25) is 5.91 Å². The highest BCUT2D eigenvalue weighted by Gasteiger charge is 2.34.